The first-order valence-corrected chi connectivity index (χ1v) is 11.1. The number of rotatable bonds is 7. The van der Waals surface area contributed by atoms with Crippen LogP contribution < -0.4 is 24.4 Å². The number of aliphatic hydroxyl groups is 1. The van der Waals surface area contributed by atoms with Crippen molar-refractivity contribution in [2.75, 3.05) is 38.3 Å². The second-order valence-electron chi connectivity index (χ2n) is 8.10. The first kappa shape index (κ1) is 22.7. The zero-order valence-corrected chi connectivity index (χ0v) is 19.0. The Morgan fingerprint density at radius 3 is 2.89 bits per heavy atom. The number of fused-ring (bicyclic) bond motifs is 2. The molecule has 0 radical (unpaired) electrons. The molecule has 2 aromatic heterocycles. The predicted molar refractivity (Wildman–Crippen MR) is 124 cm³/mol. The second-order valence-corrected chi connectivity index (χ2v) is 8.10. The number of ether oxygens (including phenoxy) is 4. The van der Waals surface area contributed by atoms with Crippen molar-refractivity contribution in [1.29, 1.82) is 0 Å². The molecule has 1 fully saturated rings. The van der Waals surface area contributed by atoms with E-state index >= 15 is 0 Å². The number of aliphatic hydroxyl groups excluding tert-OH is 1. The van der Waals surface area contributed by atoms with Crippen molar-refractivity contribution in [3.8, 4) is 17.4 Å². The molecule has 2 N–H and O–H groups in total. The minimum atomic E-state index is -1.32. The number of benzene rings is 1. The smallest absolute Gasteiger partial charge is 0.414 e. The van der Waals surface area contributed by atoms with Crippen molar-refractivity contribution in [3.63, 3.8) is 0 Å². The molecule has 1 unspecified atom stereocenters. The molecule has 0 bridgehead atoms. The number of carbonyl (C=O) groups excluding carboxylic acids is 2. The van der Waals surface area contributed by atoms with E-state index in [2.05, 4.69) is 15.3 Å². The van der Waals surface area contributed by atoms with Gasteiger partial charge in [0.05, 0.1) is 36.9 Å². The summed E-state index contributed by atoms with van der Waals surface area (Å²) in [6, 6.07) is 10.4. The van der Waals surface area contributed by atoms with Crippen LogP contribution in [0.2, 0.25) is 0 Å². The average Bonchev–Trinajstić information content (AvgIpc) is 3.27. The number of amides is 2. The van der Waals surface area contributed by atoms with Crippen LogP contribution >= 0.6 is 0 Å². The Morgan fingerprint density at radius 2 is 2.06 bits per heavy atom. The lowest BCUT2D eigenvalue weighted by Crippen LogP contribution is -2.41. The number of aromatic nitrogens is 2. The Balaban J connectivity index is 1.18. The van der Waals surface area contributed by atoms with Crippen LogP contribution in [0.3, 0.4) is 0 Å². The summed E-state index contributed by atoms with van der Waals surface area (Å²) in [5, 5.41) is 13.1. The summed E-state index contributed by atoms with van der Waals surface area (Å²) in [5.74, 6) is 1.03. The number of nitrogens with one attached hydrogen (secondary N) is 1. The number of methoxy groups -OCH3 is 1. The Labute approximate surface area is 200 Å². The van der Waals surface area contributed by atoms with Crippen LogP contribution in [-0.2, 0) is 16.0 Å². The van der Waals surface area contributed by atoms with Gasteiger partial charge in [-0.15, -0.1) is 0 Å². The highest BCUT2D eigenvalue weighted by atomic mass is 16.6. The molecule has 2 amide bonds. The van der Waals surface area contributed by atoms with E-state index in [0.29, 0.717) is 52.9 Å². The largest absolute Gasteiger partial charge is 0.486 e. The lowest BCUT2D eigenvalue weighted by molar-refractivity contribution is -0.129. The molecular weight excluding hydrogens is 456 g/mol. The maximum Gasteiger partial charge on any atom is 0.414 e. The normalized spacial score (nSPS) is 17.7. The minimum Gasteiger partial charge on any atom is -0.486 e. The monoisotopic (exact) mass is 480 g/mol. The van der Waals surface area contributed by atoms with E-state index < -0.39 is 24.2 Å². The quantitative estimate of drug-likeness (QED) is 0.516. The van der Waals surface area contributed by atoms with Gasteiger partial charge < -0.3 is 29.4 Å². The molecule has 0 saturated carbocycles. The first-order valence-electron chi connectivity index (χ1n) is 11.1. The topological polar surface area (TPSA) is 132 Å². The summed E-state index contributed by atoms with van der Waals surface area (Å²) in [7, 11) is 1.51. The van der Waals surface area contributed by atoms with Crippen LogP contribution in [0.25, 0.3) is 11.0 Å². The molecule has 182 valence electrons. The Bertz CT molecular complexity index is 1270. The van der Waals surface area contributed by atoms with E-state index in [1.807, 2.05) is 0 Å². The van der Waals surface area contributed by atoms with E-state index in [-0.39, 0.29) is 19.5 Å². The molecule has 35 heavy (non-hydrogen) atoms. The van der Waals surface area contributed by atoms with Crippen LogP contribution in [-0.4, -0.2) is 72.7 Å². The van der Waals surface area contributed by atoms with Gasteiger partial charge in [-0.3, -0.25) is 14.7 Å². The summed E-state index contributed by atoms with van der Waals surface area (Å²) < 4.78 is 21.6. The highest BCUT2D eigenvalue weighted by Gasteiger charge is 2.33. The Morgan fingerprint density at radius 1 is 1.23 bits per heavy atom. The van der Waals surface area contributed by atoms with E-state index in [4.69, 9.17) is 18.9 Å². The number of anilines is 1. The van der Waals surface area contributed by atoms with Crippen molar-refractivity contribution < 1.29 is 33.6 Å². The zero-order valence-electron chi connectivity index (χ0n) is 19.0. The fourth-order valence-electron chi connectivity index (χ4n) is 4.01. The van der Waals surface area contributed by atoms with Crippen LogP contribution in [0.4, 0.5) is 10.5 Å². The standard InChI is InChI=1S/C24H24N4O7/c1-32-21-5-3-17-22(27-21)14(6-7-25-17)10-18(29)23(30)26-12-16-13-28(24(31)35-16)15-2-4-19-20(11-15)34-9-8-33-19/h2-7,11,16,18,29H,8-10,12-13H2,1H3,(H,26,30)/t16?,18-/m1/s1. The first-order chi connectivity index (χ1) is 17.0. The van der Waals surface area contributed by atoms with Gasteiger partial charge in [0.2, 0.25) is 11.8 Å². The second kappa shape index (κ2) is 9.63. The number of pyridine rings is 2. The molecular formula is C24H24N4O7. The lowest BCUT2D eigenvalue weighted by atomic mass is 10.1. The van der Waals surface area contributed by atoms with Crippen molar-refractivity contribution in [2.24, 2.45) is 0 Å². The maximum atomic E-state index is 12.6. The fraction of sp³-hybridized carbons (Fsp3) is 0.333. The predicted octanol–water partition coefficient (Wildman–Crippen LogP) is 1.45. The van der Waals surface area contributed by atoms with Gasteiger partial charge in [0.15, 0.2) is 11.5 Å². The average molecular weight is 480 g/mol. The van der Waals surface area contributed by atoms with Gasteiger partial charge >= 0.3 is 6.09 Å². The summed E-state index contributed by atoms with van der Waals surface area (Å²) in [6.07, 6.45) is -0.774. The summed E-state index contributed by atoms with van der Waals surface area (Å²) in [5.41, 5.74) is 2.46. The van der Waals surface area contributed by atoms with Crippen molar-refractivity contribution >= 4 is 28.7 Å². The van der Waals surface area contributed by atoms with Gasteiger partial charge in [-0.2, -0.15) is 0 Å². The van der Waals surface area contributed by atoms with E-state index in [9.17, 15) is 14.7 Å². The minimum absolute atomic E-state index is 0.0405. The van der Waals surface area contributed by atoms with Gasteiger partial charge in [0.25, 0.3) is 0 Å². The Hall–Kier alpha value is -4.12. The van der Waals surface area contributed by atoms with Crippen molar-refractivity contribution in [2.45, 2.75) is 18.6 Å². The SMILES string of the molecule is COc1ccc2nccc(C[C@@H](O)C(=O)NCC3CN(c4ccc5c(c4)OCCO5)C(=O)O3)c2n1. The maximum absolute atomic E-state index is 12.6. The summed E-state index contributed by atoms with van der Waals surface area (Å²) in [6.45, 7) is 1.23. The molecule has 2 aliphatic heterocycles. The van der Waals surface area contributed by atoms with Gasteiger partial charge in [-0.1, -0.05) is 0 Å². The van der Waals surface area contributed by atoms with Crippen LogP contribution in [0.15, 0.2) is 42.6 Å². The van der Waals surface area contributed by atoms with E-state index in [1.54, 1.807) is 42.6 Å². The third-order valence-electron chi connectivity index (χ3n) is 5.78. The van der Waals surface area contributed by atoms with Crippen molar-refractivity contribution in [3.05, 3.63) is 48.2 Å². The summed E-state index contributed by atoms with van der Waals surface area (Å²) >= 11 is 0. The molecule has 2 aliphatic rings. The molecule has 11 heteroatoms. The molecule has 5 rings (SSSR count). The van der Waals surface area contributed by atoms with E-state index in [0.717, 1.165) is 0 Å². The number of cyclic esters (lactones) is 1. The van der Waals surface area contributed by atoms with Gasteiger partial charge in [0.1, 0.15) is 25.4 Å². The number of hydrogen-bond donors (Lipinski definition) is 2. The fourth-order valence-corrected chi connectivity index (χ4v) is 4.01. The van der Waals surface area contributed by atoms with Crippen LogP contribution in [0, 0.1) is 0 Å². The molecule has 3 aromatic rings. The summed E-state index contributed by atoms with van der Waals surface area (Å²) in [4.78, 5) is 35.0. The molecule has 0 aliphatic carbocycles. The molecule has 11 nitrogen and oxygen atoms in total. The van der Waals surface area contributed by atoms with Crippen LogP contribution in [0.5, 0.6) is 17.4 Å². The number of hydrogen-bond acceptors (Lipinski definition) is 9. The molecule has 2 atom stereocenters. The Kier molecular flexibility index (Phi) is 6.23. The number of nitrogens with zero attached hydrogens (tertiary/aromatic N) is 3. The van der Waals surface area contributed by atoms with Gasteiger partial charge in [-0.05, 0) is 29.8 Å². The molecule has 4 heterocycles. The molecule has 1 saturated heterocycles. The number of carbonyl (C=O) groups is 2. The molecule has 1 aromatic carbocycles. The van der Waals surface area contributed by atoms with Gasteiger partial charge in [0, 0.05) is 24.8 Å². The highest BCUT2D eigenvalue weighted by molar-refractivity contribution is 5.90. The zero-order chi connectivity index (χ0) is 24.4. The van der Waals surface area contributed by atoms with Crippen molar-refractivity contribution in [1.82, 2.24) is 15.3 Å². The van der Waals surface area contributed by atoms with Crippen LogP contribution in [0.1, 0.15) is 5.56 Å². The third-order valence-corrected chi connectivity index (χ3v) is 5.78. The molecule has 0 spiro atoms. The third kappa shape index (κ3) is 4.76. The van der Waals surface area contributed by atoms with Gasteiger partial charge in [-0.25, -0.2) is 9.78 Å². The highest BCUT2D eigenvalue weighted by Crippen LogP contribution is 2.35. The lowest BCUT2D eigenvalue weighted by Gasteiger charge is -2.21. The van der Waals surface area contributed by atoms with E-state index in [1.165, 1.54) is 12.0 Å².